The molecule has 0 N–H and O–H groups in total. The largest absolute Gasteiger partial charge is 0.334 e. The first-order valence-electron chi connectivity index (χ1n) is 7.52. The highest BCUT2D eigenvalue weighted by atomic mass is 35.5. The molecule has 1 aromatic carbocycles. The van der Waals surface area contributed by atoms with Crippen molar-refractivity contribution >= 4 is 28.4 Å². The van der Waals surface area contributed by atoms with Gasteiger partial charge in [-0.2, -0.15) is 0 Å². The molecule has 0 spiro atoms. The SMILES string of the molecule is O=C(c1ccnc2ccccc12)N(CCCl)C1CCCC1. The van der Waals surface area contributed by atoms with Crippen LogP contribution in [-0.4, -0.2) is 34.3 Å². The van der Waals surface area contributed by atoms with Gasteiger partial charge in [-0.1, -0.05) is 31.0 Å². The normalized spacial score (nSPS) is 15.5. The second kappa shape index (κ2) is 6.44. The summed E-state index contributed by atoms with van der Waals surface area (Å²) in [4.78, 5) is 19.3. The van der Waals surface area contributed by atoms with E-state index in [1.54, 1.807) is 6.20 Å². The predicted molar refractivity (Wildman–Crippen MR) is 85.8 cm³/mol. The summed E-state index contributed by atoms with van der Waals surface area (Å²) >= 11 is 5.92. The summed E-state index contributed by atoms with van der Waals surface area (Å²) < 4.78 is 0. The summed E-state index contributed by atoms with van der Waals surface area (Å²) in [5.41, 5.74) is 1.60. The number of aromatic nitrogens is 1. The number of nitrogens with zero attached hydrogens (tertiary/aromatic N) is 2. The molecule has 1 heterocycles. The molecule has 1 fully saturated rings. The molecule has 1 aliphatic rings. The van der Waals surface area contributed by atoms with Gasteiger partial charge in [0.25, 0.3) is 5.91 Å². The first-order valence-corrected chi connectivity index (χ1v) is 8.05. The number of hydrogen-bond acceptors (Lipinski definition) is 2. The van der Waals surface area contributed by atoms with E-state index in [0.717, 1.165) is 29.3 Å². The number of carbonyl (C=O) groups excluding carboxylic acids is 1. The molecule has 0 atom stereocenters. The van der Waals surface area contributed by atoms with Crippen LogP contribution in [0.1, 0.15) is 36.0 Å². The highest BCUT2D eigenvalue weighted by Gasteiger charge is 2.27. The van der Waals surface area contributed by atoms with Crippen LogP contribution >= 0.6 is 11.6 Å². The predicted octanol–water partition coefficient (Wildman–Crippen LogP) is 3.86. The fourth-order valence-corrected chi connectivity index (χ4v) is 3.38. The van der Waals surface area contributed by atoms with Gasteiger partial charge in [-0.25, -0.2) is 0 Å². The van der Waals surface area contributed by atoms with Crippen molar-refractivity contribution in [3.05, 3.63) is 42.1 Å². The topological polar surface area (TPSA) is 33.2 Å². The van der Waals surface area contributed by atoms with Gasteiger partial charge in [0.2, 0.25) is 0 Å². The zero-order chi connectivity index (χ0) is 14.7. The van der Waals surface area contributed by atoms with Crippen molar-refractivity contribution in [2.75, 3.05) is 12.4 Å². The third kappa shape index (κ3) is 2.88. The van der Waals surface area contributed by atoms with E-state index in [2.05, 4.69) is 4.98 Å². The van der Waals surface area contributed by atoms with Crippen LogP contribution in [0.25, 0.3) is 10.9 Å². The number of rotatable bonds is 4. The quantitative estimate of drug-likeness (QED) is 0.804. The van der Waals surface area contributed by atoms with Crippen molar-refractivity contribution in [1.82, 2.24) is 9.88 Å². The van der Waals surface area contributed by atoms with Gasteiger partial charge < -0.3 is 4.90 Å². The summed E-state index contributed by atoms with van der Waals surface area (Å²) in [5.74, 6) is 0.562. The van der Waals surface area contributed by atoms with Crippen molar-refractivity contribution in [3.8, 4) is 0 Å². The number of benzene rings is 1. The molecule has 21 heavy (non-hydrogen) atoms. The lowest BCUT2D eigenvalue weighted by atomic mass is 10.1. The number of carbonyl (C=O) groups is 1. The van der Waals surface area contributed by atoms with Gasteiger partial charge >= 0.3 is 0 Å². The molecule has 3 rings (SSSR count). The Morgan fingerprint density at radius 3 is 2.76 bits per heavy atom. The van der Waals surface area contributed by atoms with Gasteiger partial charge in [-0.15, -0.1) is 11.6 Å². The first-order chi connectivity index (χ1) is 10.3. The second-order valence-electron chi connectivity index (χ2n) is 5.50. The summed E-state index contributed by atoms with van der Waals surface area (Å²) in [6.07, 6.45) is 6.29. The van der Waals surface area contributed by atoms with Crippen LogP contribution in [0.4, 0.5) is 0 Å². The summed E-state index contributed by atoms with van der Waals surface area (Å²) in [6, 6.07) is 9.94. The molecule has 0 aliphatic heterocycles. The first kappa shape index (κ1) is 14.3. The molecule has 1 aromatic heterocycles. The van der Waals surface area contributed by atoms with Gasteiger partial charge in [-0.3, -0.25) is 9.78 Å². The minimum Gasteiger partial charge on any atom is -0.334 e. The molecule has 4 heteroatoms. The fourth-order valence-electron chi connectivity index (χ4n) is 3.19. The van der Waals surface area contributed by atoms with Crippen molar-refractivity contribution in [1.29, 1.82) is 0 Å². The Balaban J connectivity index is 1.97. The van der Waals surface area contributed by atoms with E-state index in [-0.39, 0.29) is 5.91 Å². The second-order valence-corrected chi connectivity index (χ2v) is 5.88. The molecule has 1 amide bonds. The highest BCUT2D eigenvalue weighted by Crippen LogP contribution is 2.26. The number of alkyl halides is 1. The standard InChI is InChI=1S/C17H19ClN2O/c18-10-12-20(13-5-1-2-6-13)17(21)15-9-11-19-16-8-4-3-7-14(15)16/h3-4,7-9,11,13H,1-2,5-6,10,12H2. The van der Waals surface area contributed by atoms with E-state index >= 15 is 0 Å². The molecule has 2 aromatic rings. The lowest BCUT2D eigenvalue weighted by Gasteiger charge is -2.28. The molecule has 1 aliphatic carbocycles. The van der Waals surface area contributed by atoms with E-state index in [9.17, 15) is 4.79 Å². The lowest BCUT2D eigenvalue weighted by molar-refractivity contribution is 0.0697. The van der Waals surface area contributed by atoms with E-state index < -0.39 is 0 Å². The van der Waals surface area contributed by atoms with Crippen LogP contribution in [0.2, 0.25) is 0 Å². The number of amides is 1. The zero-order valence-electron chi connectivity index (χ0n) is 12.0. The maximum Gasteiger partial charge on any atom is 0.254 e. The Morgan fingerprint density at radius 2 is 2.00 bits per heavy atom. The van der Waals surface area contributed by atoms with Crippen LogP contribution in [0.3, 0.4) is 0 Å². The molecule has 1 saturated carbocycles. The Labute approximate surface area is 129 Å². The molecule has 0 unspecified atom stereocenters. The minimum absolute atomic E-state index is 0.0844. The smallest absolute Gasteiger partial charge is 0.254 e. The summed E-state index contributed by atoms with van der Waals surface area (Å²) in [6.45, 7) is 0.613. The van der Waals surface area contributed by atoms with Crippen molar-refractivity contribution < 1.29 is 4.79 Å². The number of halogens is 1. The third-order valence-corrected chi connectivity index (χ3v) is 4.40. The number of pyridine rings is 1. The molecular formula is C17H19ClN2O. The molecule has 3 nitrogen and oxygen atoms in total. The molecule has 0 saturated heterocycles. The van der Waals surface area contributed by atoms with E-state index in [0.29, 0.717) is 18.5 Å². The Kier molecular flexibility index (Phi) is 4.39. The zero-order valence-corrected chi connectivity index (χ0v) is 12.7. The monoisotopic (exact) mass is 302 g/mol. The Hall–Kier alpha value is -1.61. The van der Waals surface area contributed by atoms with Gasteiger partial charge in [0, 0.05) is 30.0 Å². The highest BCUT2D eigenvalue weighted by molar-refractivity contribution is 6.18. The minimum atomic E-state index is 0.0844. The maximum absolute atomic E-state index is 13.0. The summed E-state index contributed by atoms with van der Waals surface area (Å²) in [5, 5.41) is 0.919. The molecule has 0 bridgehead atoms. The number of hydrogen-bond donors (Lipinski definition) is 0. The average molecular weight is 303 g/mol. The van der Waals surface area contributed by atoms with Crippen LogP contribution < -0.4 is 0 Å². The van der Waals surface area contributed by atoms with Gasteiger partial charge in [0.05, 0.1) is 11.1 Å². The van der Waals surface area contributed by atoms with Crippen LogP contribution in [0.5, 0.6) is 0 Å². The molecule has 110 valence electrons. The maximum atomic E-state index is 13.0. The van der Waals surface area contributed by atoms with Crippen molar-refractivity contribution in [2.24, 2.45) is 0 Å². The van der Waals surface area contributed by atoms with Crippen LogP contribution in [-0.2, 0) is 0 Å². The van der Waals surface area contributed by atoms with Crippen LogP contribution in [0.15, 0.2) is 36.5 Å². The van der Waals surface area contributed by atoms with Gasteiger partial charge in [-0.05, 0) is 25.0 Å². The van der Waals surface area contributed by atoms with Gasteiger partial charge in [0.15, 0.2) is 0 Å². The fraction of sp³-hybridized carbons (Fsp3) is 0.412. The number of para-hydroxylation sites is 1. The third-order valence-electron chi connectivity index (χ3n) is 4.23. The summed E-state index contributed by atoms with van der Waals surface area (Å²) in [7, 11) is 0. The molecule has 0 radical (unpaired) electrons. The van der Waals surface area contributed by atoms with Crippen molar-refractivity contribution in [2.45, 2.75) is 31.7 Å². The van der Waals surface area contributed by atoms with Gasteiger partial charge in [0.1, 0.15) is 0 Å². The van der Waals surface area contributed by atoms with E-state index in [1.807, 2.05) is 35.2 Å². The van der Waals surface area contributed by atoms with E-state index in [4.69, 9.17) is 11.6 Å². The van der Waals surface area contributed by atoms with Crippen LogP contribution in [0, 0.1) is 0 Å². The van der Waals surface area contributed by atoms with E-state index in [1.165, 1.54) is 12.8 Å². The molecular weight excluding hydrogens is 284 g/mol. The lowest BCUT2D eigenvalue weighted by Crippen LogP contribution is -2.40. The average Bonchev–Trinajstić information content (AvgIpc) is 3.05. The number of fused-ring (bicyclic) bond motifs is 1. The Morgan fingerprint density at radius 1 is 1.24 bits per heavy atom. The Bertz CT molecular complexity index is 632. The van der Waals surface area contributed by atoms with Crippen molar-refractivity contribution in [3.63, 3.8) is 0 Å².